The molecule has 5 aliphatic carbocycles. The van der Waals surface area contributed by atoms with Crippen LogP contribution in [-0.4, -0.2) is 139 Å². The first-order chi connectivity index (χ1) is 65.1. The van der Waals surface area contributed by atoms with E-state index in [4.69, 9.17) is 18.9 Å². The number of carbonyl (C=O) groups excluding carboxylic acids is 8. The summed E-state index contributed by atoms with van der Waals surface area (Å²) in [7, 11) is 0. The highest BCUT2D eigenvalue weighted by Gasteiger charge is 2.36. The minimum absolute atomic E-state index is 0.00171. The Morgan fingerprint density at radius 2 is 0.585 bits per heavy atom. The highest BCUT2D eigenvalue weighted by molar-refractivity contribution is 5.84. The predicted octanol–water partition coefficient (Wildman–Crippen LogP) is 24.0. The van der Waals surface area contributed by atoms with Crippen molar-refractivity contribution in [3.63, 3.8) is 0 Å². The molecule has 10 aromatic carbocycles. The lowest BCUT2D eigenvalue weighted by Gasteiger charge is -2.28. The molecule has 0 saturated carbocycles. The van der Waals surface area contributed by atoms with Gasteiger partial charge in [0.15, 0.2) is 0 Å². The van der Waals surface area contributed by atoms with Crippen molar-refractivity contribution in [2.75, 3.05) is 85.4 Å². The van der Waals surface area contributed by atoms with Crippen LogP contribution in [0, 0.1) is 45.3 Å². The Balaban J connectivity index is 0.000000180. The first-order valence-corrected chi connectivity index (χ1v) is 47.3. The number of hydrogen-bond acceptors (Lipinski definition) is 17. The Hall–Kier alpha value is -13.2. The number of alkyl carbamates (subject to hydrolysis) is 4. The van der Waals surface area contributed by atoms with Crippen molar-refractivity contribution in [3.05, 3.63) is 298 Å². The maximum atomic E-state index is 12.7. The van der Waals surface area contributed by atoms with Crippen molar-refractivity contribution in [2.24, 2.45) is 65.3 Å². The zero-order valence-electron chi connectivity index (χ0n) is 80.3. The van der Waals surface area contributed by atoms with E-state index in [9.17, 15) is 43.5 Å². The van der Waals surface area contributed by atoms with Gasteiger partial charge >= 0.3 is 24.4 Å². The topological polar surface area (TPSA) is 291 Å². The van der Waals surface area contributed by atoms with Crippen LogP contribution in [0.2, 0.25) is 0 Å². The maximum absolute atomic E-state index is 12.7. The van der Waals surface area contributed by atoms with Crippen LogP contribution in [0.3, 0.4) is 0 Å². The zero-order chi connectivity index (χ0) is 96.5. The number of amides is 4. The molecular formula is C114H132N8O13. The Kier molecular flexibility index (Phi) is 37.6. The standard InChI is InChI=1S/2C39H42N2O4.C14H12O.2C11H18N2O2/c1-26(23-41-38(43)45-25-36-33-18-10-6-14-29(33)30-15-7-11-19-34(30)36)22-39(2,3)20-21-40-37(42)44-24-35-31-16-8-4-12-27(31)28-13-5-9-17-32(28)35;1-26(20-21-40-37(42)44-23-35-31-16-8-4-12-27(31)28-13-5-9-17-32(28)35)22-39(2,3)25-41-38(43)45-24-36-33-18-10-6-14-29(33)30-15-7-11-19-34(30)36;15-9-14-12-7-3-1-5-10(12)11-6-2-4-8-13(11)14;1-10(7-13-9-15)6-11(2,3)4-5-12-8-14;1-10(4-5-12-8-14)6-11(2,3)7-13-9-15/h2*4-19,26,35-36H,20-25H2,1-3H3,(H,40,42)(H,41,43);1-8,14-15H,9H2;2*10H,4-7H2,1-3H3. The van der Waals surface area contributed by atoms with E-state index in [-0.39, 0.29) is 69.9 Å². The number of fused-ring (bicyclic) bond motifs is 15. The summed E-state index contributed by atoms with van der Waals surface area (Å²) in [5, 5.41) is 21.3. The quantitative estimate of drug-likeness (QED) is 0.0138. The summed E-state index contributed by atoms with van der Waals surface area (Å²) < 4.78 is 22.8. The number of isocyanates is 4. The molecule has 4 amide bonds. The number of nitrogens with one attached hydrogen (secondary N) is 4. The second kappa shape index (κ2) is 49.7. The number of aliphatic hydroxyl groups excluding tert-OH is 1. The van der Waals surface area contributed by atoms with Crippen molar-refractivity contribution < 1.29 is 62.4 Å². The SMILES string of the molecule is CC(CCN=C=O)CC(C)(C)CN=C=O.CC(CCNC(=O)OCC1c2ccccc2-c2ccccc21)CC(C)(C)CNC(=O)OCC1c2ccccc2-c2ccccc21.CC(CN=C=O)CC(C)(C)CCN=C=O.CC(CNC(=O)OCC1c2ccccc2-c2ccccc21)CC(C)(C)CCNC(=O)OCC1c2ccccc2-c2ccccc21.OCC1c2ccccc2-c2ccccc21. The lowest BCUT2D eigenvalue weighted by molar-refractivity contribution is 0.135. The Bertz CT molecular complexity index is 5630. The molecule has 706 valence electrons. The van der Waals surface area contributed by atoms with E-state index in [0.717, 1.165) is 51.4 Å². The molecule has 21 heteroatoms. The van der Waals surface area contributed by atoms with Crippen molar-refractivity contribution in [2.45, 2.75) is 164 Å². The second-order valence-electron chi connectivity index (χ2n) is 39.6. The summed E-state index contributed by atoms with van der Waals surface area (Å²) >= 11 is 0. The van der Waals surface area contributed by atoms with E-state index >= 15 is 0 Å². The minimum Gasteiger partial charge on any atom is -0.449 e. The van der Waals surface area contributed by atoms with Gasteiger partial charge in [-0.05, 0) is 208 Å². The molecule has 5 aliphatic rings. The van der Waals surface area contributed by atoms with E-state index < -0.39 is 18.3 Å². The molecule has 5 N–H and O–H groups in total. The summed E-state index contributed by atoms with van der Waals surface area (Å²) in [5.74, 6) is 1.74. The number of aliphatic imine (C=N–C) groups is 4. The summed E-state index contributed by atoms with van der Waals surface area (Å²) in [6, 6.07) is 83.3. The molecule has 0 heterocycles. The average Bonchev–Trinajstić information content (AvgIpc) is 1.64. The third kappa shape index (κ3) is 28.9. The van der Waals surface area contributed by atoms with Crippen LogP contribution < -0.4 is 21.3 Å². The number of ether oxygens (including phenoxy) is 4. The van der Waals surface area contributed by atoms with Crippen LogP contribution in [0.25, 0.3) is 55.6 Å². The number of nitrogens with zero attached hydrogens (tertiary/aromatic N) is 4. The Morgan fingerprint density at radius 1 is 0.311 bits per heavy atom. The van der Waals surface area contributed by atoms with Gasteiger partial charge in [0.2, 0.25) is 24.3 Å². The van der Waals surface area contributed by atoms with Gasteiger partial charge in [-0.1, -0.05) is 326 Å². The zero-order valence-corrected chi connectivity index (χ0v) is 80.3. The molecule has 21 nitrogen and oxygen atoms in total. The molecular weight excluding hydrogens is 1690 g/mol. The molecule has 0 bridgehead atoms. The minimum atomic E-state index is -0.394. The largest absolute Gasteiger partial charge is 0.449 e. The molecule has 0 aliphatic heterocycles. The van der Waals surface area contributed by atoms with Crippen LogP contribution in [0.1, 0.15) is 220 Å². The molecule has 10 aromatic rings. The average molecular weight is 1820 g/mol. The third-order valence-electron chi connectivity index (χ3n) is 26.2. The smallest absolute Gasteiger partial charge is 0.407 e. The number of benzene rings is 10. The second-order valence-corrected chi connectivity index (χ2v) is 39.6. The first kappa shape index (κ1) is 102. The Morgan fingerprint density at radius 3 is 0.926 bits per heavy atom. The number of aliphatic hydroxyl groups is 1. The molecule has 0 aromatic heterocycles. The summed E-state index contributed by atoms with van der Waals surface area (Å²) in [6.07, 6.45) is 11.6. The highest BCUT2D eigenvalue weighted by Crippen LogP contribution is 2.50. The van der Waals surface area contributed by atoms with Crippen molar-refractivity contribution >= 4 is 48.7 Å². The highest BCUT2D eigenvalue weighted by atomic mass is 16.6. The van der Waals surface area contributed by atoms with Gasteiger partial charge in [0, 0.05) is 55.8 Å². The molecule has 4 atom stereocenters. The van der Waals surface area contributed by atoms with Gasteiger partial charge in [-0.25, -0.2) is 58.3 Å². The van der Waals surface area contributed by atoms with Crippen LogP contribution in [0.15, 0.2) is 263 Å². The van der Waals surface area contributed by atoms with Gasteiger partial charge in [0.1, 0.15) is 26.4 Å². The van der Waals surface area contributed by atoms with Crippen LogP contribution in [0.4, 0.5) is 19.2 Å². The van der Waals surface area contributed by atoms with E-state index in [2.05, 4.69) is 251 Å². The first-order valence-electron chi connectivity index (χ1n) is 47.3. The molecule has 0 fully saturated rings. The molecule has 0 saturated heterocycles. The lowest BCUT2D eigenvalue weighted by atomic mass is 9.80. The Labute approximate surface area is 796 Å². The molecule has 0 radical (unpaired) electrons. The van der Waals surface area contributed by atoms with Gasteiger partial charge in [0.25, 0.3) is 0 Å². The van der Waals surface area contributed by atoms with Crippen molar-refractivity contribution in [1.29, 1.82) is 0 Å². The fraction of sp³-hybridized carbons (Fsp3) is 0.404. The summed E-state index contributed by atoms with van der Waals surface area (Å²) in [6.45, 7) is 31.1. The van der Waals surface area contributed by atoms with Crippen LogP contribution in [0.5, 0.6) is 0 Å². The van der Waals surface area contributed by atoms with E-state index in [0.29, 0.717) is 96.5 Å². The number of carbonyl (C=O) groups is 4. The van der Waals surface area contributed by atoms with Crippen molar-refractivity contribution in [3.8, 4) is 55.6 Å². The van der Waals surface area contributed by atoms with Gasteiger partial charge in [-0.3, -0.25) is 0 Å². The molecule has 4 unspecified atom stereocenters. The summed E-state index contributed by atoms with van der Waals surface area (Å²) in [5.41, 5.74) is 24.3. The van der Waals surface area contributed by atoms with Crippen LogP contribution in [-0.2, 0) is 38.1 Å². The van der Waals surface area contributed by atoms with Crippen LogP contribution >= 0.6 is 0 Å². The monoisotopic (exact) mass is 1820 g/mol. The van der Waals surface area contributed by atoms with Gasteiger partial charge in [-0.15, -0.1) is 0 Å². The van der Waals surface area contributed by atoms with Gasteiger partial charge in [0.05, 0.1) is 32.8 Å². The number of rotatable bonds is 37. The fourth-order valence-corrected chi connectivity index (χ4v) is 20.2. The van der Waals surface area contributed by atoms with E-state index in [1.807, 2.05) is 116 Å². The molecule has 0 spiro atoms. The lowest BCUT2D eigenvalue weighted by Crippen LogP contribution is -2.36. The van der Waals surface area contributed by atoms with Gasteiger partial charge in [-0.2, -0.15) is 0 Å². The third-order valence-corrected chi connectivity index (χ3v) is 26.2. The normalized spacial score (nSPS) is 13.7. The van der Waals surface area contributed by atoms with Crippen molar-refractivity contribution in [1.82, 2.24) is 21.3 Å². The van der Waals surface area contributed by atoms with E-state index in [1.54, 1.807) is 12.2 Å². The molecule has 135 heavy (non-hydrogen) atoms. The van der Waals surface area contributed by atoms with E-state index in [1.165, 1.54) is 123 Å². The van der Waals surface area contributed by atoms with Gasteiger partial charge < -0.3 is 45.3 Å². The summed E-state index contributed by atoms with van der Waals surface area (Å²) in [4.78, 5) is 104. The molecule has 15 rings (SSSR count). The predicted molar refractivity (Wildman–Crippen MR) is 534 cm³/mol. The maximum Gasteiger partial charge on any atom is 0.407 e. The number of hydrogen-bond donors (Lipinski definition) is 5. The fourth-order valence-electron chi connectivity index (χ4n) is 20.2.